The number of hydrogen-bond acceptors (Lipinski definition) is 5. The van der Waals surface area contributed by atoms with Gasteiger partial charge in [-0.15, -0.1) is 0 Å². The number of halogens is 2. The second-order valence-electron chi connectivity index (χ2n) is 9.36. The van der Waals surface area contributed by atoms with Crippen LogP contribution in [0.3, 0.4) is 0 Å². The minimum atomic E-state index is -1.91. The van der Waals surface area contributed by atoms with Crippen LogP contribution >= 0.6 is 0 Å². The average molecular weight is 567 g/mol. The SMILES string of the molecule is CN(Cc1ccc(F)cc1C(=O)O)S(=O)N(C)c1c2c(c(O)c3ncccc13)C(=O)N(Cc1ccc(F)cc1)C2. The molecule has 0 saturated heterocycles. The van der Waals surface area contributed by atoms with Crippen molar-refractivity contribution in [3.8, 4) is 5.75 Å². The van der Waals surface area contributed by atoms with Crippen molar-refractivity contribution in [2.24, 2.45) is 0 Å². The number of fused-ring (bicyclic) bond motifs is 2. The predicted molar refractivity (Wildman–Crippen MR) is 145 cm³/mol. The number of carbonyl (C=O) groups is 2. The first kappa shape index (κ1) is 27.2. The van der Waals surface area contributed by atoms with Gasteiger partial charge in [-0.2, -0.15) is 0 Å². The Bertz CT molecular complexity index is 1680. The van der Waals surface area contributed by atoms with Crippen LogP contribution in [0.2, 0.25) is 0 Å². The van der Waals surface area contributed by atoms with Crippen LogP contribution in [0.1, 0.15) is 37.4 Å². The molecule has 1 unspecified atom stereocenters. The highest BCUT2D eigenvalue weighted by Gasteiger charge is 2.37. The number of aromatic carboxylic acids is 1. The minimum absolute atomic E-state index is 0.0431. The number of nitrogens with zero attached hydrogens (tertiary/aromatic N) is 4. The first-order chi connectivity index (χ1) is 19.1. The van der Waals surface area contributed by atoms with Gasteiger partial charge in [0.1, 0.15) is 17.2 Å². The van der Waals surface area contributed by atoms with E-state index >= 15 is 0 Å². The number of anilines is 1. The van der Waals surface area contributed by atoms with Gasteiger partial charge in [0, 0.05) is 50.9 Å². The molecule has 3 aromatic carbocycles. The summed E-state index contributed by atoms with van der Waals surface area (Å²) in [5.41, 5.74) is 1.77. The maximum Gasteiger partial charge on any atom is 0.336 e. The number of carbonyl (C=O) groups excluding carboxylic acids is 1. The van der Waals surface area contributed by atoms with E-state index < -0.39 is 34.7 Å². The van der Waals surface area contributed by atoms with Crippen molar-refractivity contribution in [2.75, 3.05) is 18.4 Å². The van der Waals surface area contributed by atoms with E-state index in [4.69, 9.17) is 0 Å². The third kappa shape index (κ3) is 4.87. The molecule has 9 nitrogen and oxygen atoms in total. The topological polar surface area (TPSA) is 114 Å². The number of benzene rings is 3. The van der Waals surface area contributed by atoms with Crippen molar-refractivity contribution in [1.82, 2.24) is 14.2 Å². The van der Waals surface area contributed by atoms with E-state index in [0.717, 1.165) is 12.1 Å². The molecule has 40 heavy (non-hydrogen) atoms. The normalized spacial score (nSPS) is 13.6. The van der Waals surface area contributed by atoms with Crippen LogP contribution in [0.15, 0.2) is 60.8 Å². The molecule has 0 radical (unpaired) electrons. The lowest BCUT2D eigenvalue weighted by atomic mass is 10.0. The highest BCUT2D eigenvalue weighted by atomic mass is 32.2. The van der Waals surface area contributed by atoms with Gasteiger partial charge < -0.3 is 15.1 Å². The fraction of sp³-hybridized carbons (Fsp3) is 0.179. The lowest BCUT2D eigenvalue weighted by Gasteiger charge is -2.27. The van der Waals surface area contributed by atoms with E-state index in [1.165, 1.54) is 45.0 Å². The van der Waals surface area contributed by atoms with Gasteiger partial charge >= 0.3 is 5.97 Å². The fourth-order valence-corrected chi connectivity index (χ4v) is 5.93. The molecule has 2 heterocycles. The number of aromatic hydroxyl groups is 1. The van der Waals surface area contributed by atoms with Crippen LogP contribution in [0.4, 0.5) is 14.5 Å². The summed E-state index contributed by atoms with van der Waals surface area (Å²) in [6.45, 7) is 0.169. The summed E-state index contributed by atoms with van der Waals surface area (Å²) in [7, 11) is 3.08. The van der Waals surface area contributed by atoms with E-state index in [0.29, 0.717) is 22.2 Å². The molecule has 0 fully saturated rings. The molecule has 0 spiro atoms. The maximum absolute atomic E-state index is 13.7. The van der Waals surface area contributed by atoms with Crippen LogP contribution in [0.25, 0.3) is 10.9 Å². The zero-order chi connectivity index (χ0) is 28.7. The van der Waals surface area contributed by atoms with Crippen LogP contribution in [-0.4, -0.2) is 54.6 Å². The zero-order valence-electron chi connectivity index (χ0n) is 21.5. The summed E-state index contributed by atoms with van der Waals surface area (Å²) in [6.07, 6.45) is 1.47. The van der Waals surface area contributed by atoms with E-state index in [1.807, 2.05) is 0 Å². The van der Waals surface area contributed by atoms with Crippen molar-refractivity contribution in [1.29, 1.82) is 0 Å². The standard InChI is InChI=1S/C28H24F2N4O5S/c1-32(14-17-7-10-19(30)12-21(17)28(37)38)40(39)33(2)25-20-4-3-11-31-24(20)26(35)23-22(25)15-34(27(23)36)13-16-5-8-18(29)9-6-16/h3-12,35H,13-15H2,1-2H3,(H,37,38). The van der Waals surface area contributed by atoms with E-state index in [2.05, 4.69) is 4.98 Å². The number of rotatable bonds is 8. The van der Waals surface area contributed by atoms with Crippen molar-refractivity contribution in [2.45, 2.75) is 19.6 Å². The quantitative estimate of drug-likeness (QED) is 0.330. The van der Waals surface area contributed by atoms with Crippen molar-refractivity contribution < 1.29 is 32.8 Å². The Morgan fingerprint density at radius 1 is 1.10 bits per heavy atom. The van der Waals surface area contributed by atoms with Gasteiger partial charge in [0.15, 0.2) is 16.9 Å². The van der Waals surface area contributed by atoms with Crippen LogP contribution < -0.4 is 4.31 Å². The Hall–Kier alpha value is -4.42. The van der Waals surface area contributed by atoms with Gasteiger partial charge in [-0.3, -0.25) is 14.1 Å². The molecule has 1 aliphatic heterocycles. The lowest BCUT2D eigenvalue weighted by Crippen LogP contribution is -2.34. The molecule has 1 aliphatic rings. The number of phenols is 1. The largest absolute Gasteiger partial charge is 0.505 e. The van der Waals surface area contributed by atoms with Crippen molar-refractivity contribution in [3.05, 3.63) is 100 Å². The van der Waals surface area contributed by atoms with Crippen molar-refractivity contribution in [3.63, 3.8) is 0 Å². The highest BCUT2D eigenvalue weighted by molar-refractivity contribution is 7.84. The average Bonchev–Trinajstić information content (AvgIpc) is 3.25. The summed E-state index contributed by atoms with van der Waals surface area (Å²) < 4.78 is 43.6. The summed E-state index contributed by atoms with van der Waals surface area (Å²) >= 11 is -1.91. The number of carboxylic acid groups (broad SMARTS) is 1. The van der Waals surface area contributed by atoms with E-state index in [1.54, 1.807) is 31.3 Å². The van der Waals surface area contributed by atoms with Gasteiger partial charge in [0.05, 0.1) is 16.8 Å². The first-order valence-electron chi connectivity index (χ1n) is 12.1. The molecule has 1 aromatic heterocycles. The van der Waals surface area contributed by atoms with Gasteiger partial charge in [0.2, 0.25) is 0 Å². The smallest absolute Gasteiger partial charge is 0.336 e. The molecule has 0 bridgehead atoms. The number of amides is 1. The third-order valence-electron chi connectivity index (χ3n) is 6.76. The Labute approximate surface area is 230 Å². The Morgan fingerprint density at radius 3 is 2.50 bits per heavy atom. The molecule has 0 saturated carbocycles. The molecular weight excluding hydrogens is 542 g/mol. The van der Waals surface area contributed by atoms with Crippen LogP contribution in [0.5, 0.6) is 5.75 Å². The van der Waals surface area contributed by atoms with Crippen LogP contribution in [-0.2, 0) is 30.8 Å². The second kappa shape index (κ2) is 10.6. The van der Waals surface area contributed by atoms with Gasteiger partial charge in [-0.05, 0) is 47.5 Å². The van der Waals surface area contributed by atoms with Gasteiger partial charge in [-0.25, -0.2) is 22.1 Å². The molecule has 4 aromatic rings. The van der Waals surface area contributed by atoms with Crippen molar-refractivity contribution >= 4 is 39.6 Å². The Kier molecular flexibility index (Phi) is 7.21. The minimum Gasteiger partial charge on any atom is -0.505 e. The Balaban J connectivity index is 1.52. The summed E-state index contributed by atoms with van der Waals surface area (Å²) in [6, 6.07) is 12.5. The summed E-state index contributed by atoms with van der Waals surface area (Å²) in [4.78, 5) is 30.9. The van der Waals surface area contributed by atoms with Crippen LogP contribution in [0, 0.1) is 11.6 Å². The second-order valence-corrected chi connectivity index (χ2v) is 11.0. The Morgan fingerprint density at radius 2 is 1.80 bits per heavy atom. The molecule has 0 aliphatic carbocycles. The molecule has 1 amide bonds. The summed E-state index contributed by atoms with van der Waals surface area (Å²) in [5, 5.41) is 21.0. The first-order valence-corrected chi connectivity index (χ1v) is 13.2. The van der Waals surface area contributed by atoms with E-state index in [9.17, 15) is 32.8 Å². The van der Waals surface area contributed by atoms with Gasteiger partial charge in [-0.1, -0.05) is 18.2 Å². The monoisotopic (exact) mass is 566 g/mol. The number of hydrogen-bond donors (Lipinski definition) is 2. The molecule has 2 N–H and O–H groups in total. The van der Waals surface area contributed by atoms with Gasteiger partial charge in [0.25, 0.3) is 5.91 Å². The fourth-order valence-electron chi connectivity index (χ4n) is 4.90. The highest BCUT2D eigenvalue weighted by Crippen LogP contribution is 2.44. The lowest BCUT2D eigenvalue weighted by molar-refractivity contribution is 0.0693. The van der Waals surface area contributed by atoms with E-state index in [-0.39, 0.29) is 47.6 Å². The molecule has 12 heteroatoms. The molecule has 206 valence electrons. The number of aromatic nitrogens is 1. The number of pyridine rings is 1. The zero-order valence-corrected chi connectivity index (χ0v) is 22.3. The number of phenolic OH excluding ortho intramolecular Hbond substituents is 1. The number of carboxylic acids is 1. The maximum atomic E-state index is 13.7. The summed E-state index contributed by atoms with van der Waals surface area (Å²) in [5.74, 6) is -3.14. The third-order valence-corrected chi connectivity index (χ3v) is 8.07. The molecule has 1 atom stereocenters. The molecule has 5 rings (SSSR count). The molecular formula is C28H24F2N4O5S. The predicted octanol–water partition coefficient (Wildman–Crippen LogP) is 4.22.